The van der Waals surface area contributed by atoms with Crippen LogP contribution < -0.4 is 5.32 Å². The Labute approximate surface area is 127 Å². The number of aldehydes is 1. The number of nitrogens with zero attached hydrogens (tertiary/aromatic N) is 1. The molecule has 0 saturated heterocycles. The van der Waals surface area contributed by atoms with Crippen molar-refractivity contribution >= 4 is 12.2 Å². The molecule has 1 aromatic carbocycles. The predicted molar refractivity (Wildman–Crippen MR) is 79.3 cm³/mol. The standard InChI is InChI=1S/C17H15FN2O2/c18-13-3-1-2-11(6-13)7-15-8-12(9-16(10-21)19-15)17(22)20-14-4-5-14/h1-3,6,8-10,14H,4-5,7H2,(H,20,22). The quantitative estimate of drug-likeness (QED) is 0.863. The van der Waals surface area contributed by atoms with Crippen LogP contribution in [0.5, 0.6) is 0 Å². The third kappa shape index (κ3) is 3.55. The van der Waals surface area contributed by atoms with E-state index in [1.165, 1.54) is 18.2 Å². The van der Waals surface area contributed by atoms with E-state index in [-0.39, 0.29) is 23.5 Å². The third-order valence-corrected chi connectivity index (χ3v) is 3.47. The molecule has 5 heteroatoms. The zero-order valence-electron chi connectivity index (χ0n) is 11.9. The third-order valence-electron chi connectivity index (χ3n) is 3.47. The summed E-state index contributed by atoms with van der Waals surface area (Å²) in [5, 5.41) is 2.88. The number of aromatic nitrogens is 1. The average molecular weight is 298 g/mol. The van der Waals surface area contributed by atoms with Crippen LogP contribution in [-0.2, 0) is 6.42 Å². The van der Waals surface area contributed by atoms with Gasteiger partial charge in [-0.15, -0.1) is 0 Å². The Morgan fingerprint density at radius 1 is 1.32 bits per heavy atom. The molecule has 0 aliphatic heterocycles. The second-order valence-corrected chi connectivity index (χ2v) is 5.44. The second kappa shape index (κ2) is 6.05. The summed E-state index contributed by atoms with van der Waals surface area (Å²) in [5.41, 5.74) is 1.92. The van der Waals surface area contributed by atoms with Crippen LogP contribution in [0.15, 0.2) is 36.4 Å². The first kappa shape index (κ1) is 14.4. The molecule has 1 amide bonds. The molecule has 1 aromatic heterocycles. The lowest BCUT2D eigenvalue weighted by Gasteiger charge is -2.07. The Kier molecular flexibility index (Phi) is 3.96. The van der Waals surface area contributed by atoms with E-state index in [0.717, 1.165) is 18.4 Å². The van der Waals surface area contributed by atoms with Crippen molar-refractivity contribution in [2.24, 2.45) is 0 Å². The fraction of sp³-hybridized carbons (Fsp3) is 0.235. The summed E-state index contributed by atoms with van der Waals surface area (Å²) in [5.74, 6) is -0.524. The van der Waals surface area contributed by atoms with Crippen molar-refractivity contribution in [2.75, 3.05) is 0 Å². The van der Waals surface area contributed by atoms with Gasteiger partial charge in [0.2, 0.25) is 0 Å². The summed E-state index contributed by atoms with van der Waals surface area (Å²) in [6, 6.07) is 9.55. The summed E-state index contributed by atoms with van der Waals surface area (Å²) < 4.78 is 13.2. The first-order valence-corrected chi connectivity index (χ1v) is 7.15. The molecule has 2 aromatic rings. The molecule has 0 bridgehead atoms. The summed E-state index contributed by atoms with van der Waals surface area (Å²) in [4.78, 5) is 27.3. The van der Waals surface area contributed by atoms with Gasteiger partial charge in [0.1, 0.15) is 11.5 Å². The highest BCUT2D eigenvalue weighted by Crippen LogP contribution is 2.20. The van der Waals surface area contributed by atoms with Gasteiger partial charge in [-0.05, 0) is 42.7 Å². The van der Waals surface area contributed by atoms with Gasteiger partial charge in [0.15, 0.2) is 6.29 Å². The zero-order valence-corrected chi connectivity index (χ0v) is 11.9. The van der Waals surface area contributed by atoms with Crippen LogP contribution in [0, 0.1) is 5.82 Å². The molecule has 1 aliphatic rings. The Morgan fingerprint density at radius 2 is 2.14 bits per heavy atom. The molecule has 4 nitrogen and oxygen atoms in total. The number of hydrogen-bond acceptors (Lipinski definition) is 3. The number of pyridine rings is 1. The molecule has 1 fully saturated rings. The van der Waals surface area contributed by atoms with Crippen molar-refractivity contribution in [2.45, 2.75) is 25.3 Å². The fourth-order valence-corrected chi connectivity index (χ4v) is 2.25. The van der Waals surface area contributed by atoms with E-state index in [2.05, 4.69) is 10.3 Å². The molecule has 112 valence electrons. The smallest absolute Gasteiger partial charge is 0.251 e. The minimum absolute atomic E-state index is 0.200. The molecule has 1 N–H and O–H groups in total. The van der Waals surface area contributed by atoms with Gasteiger partial charge < -0.3 is 5.32 Å². The number of halogens is 1. The predicted octanol–water partition coefficient (Wildman–Crippen LogP) is 2.52. The van der Waals surface area contributed by atoms with Crippen LogP contribution >= 0.6 is 0 Å². The van der Waals surface area contributed by atoms with Gasteiger partial charge in [-0.25, -0.2) is 9.37 Å². The van der Waals surface area contributed by atoms with Crippen molar-refractivity contribution in [1.82, 2.24) is 10.3 Å². The Balaban J connectivity index is 1.86. The summed E-state index contributed by atoms with van der Waals surface area (Å²) in [7, 11) is 0. The maximum atomic E-state index is 13.2. The van der Waals surface area contributed by atoms with Gasteiger partial charge in [0.05, 0.1) is 0 Å². The van der Waals surface area contributed by atoms with E-state index in [1.807, 2.05) is 0 Å². The number of hydrogen-bond donors (Lipinski definition) is 1. The molecule has 0 atom stereocenters. The van der Waals surface area contributed by atoms with Crippen LogP contribution in [0.2, 0.25) is 0 Å². The monoisotopic (exact) mass is 298 g/mol. The first-order chi connectivity index (χ1) is 10.6. The van der Waals surface area contributed by atoms with Crippen LogP contribution in [0.3, 0.4) is 0 Å². The Bertz CT molecular complexity index is 726. The van der Waals surface area contributed by atoms with E-state index in [0.29, 0.717) is 24.0 Å². The number of rotatable bonds is 5. The van der Waals surface area contributed by atoms with Crippen LogP contribution in [-0.4, -0.2) is 23.2 Å². The lowest BCUT2D eigenvalue weighted by atomic mass is 10.1. The number of benzene rings is 1. The van der Waals surface area contributed by atoms with E-state index in [4.69, 9.17) is 0 Å². The summed E-state index contributed by atoms with van der Waals surface area (Å²) >= 11 is 0. The molecule has 3 rings (SSSR count). The van der Waals surface area contributed by atoms with Crippen molar-refractivity contribution in [3.05, 3.63) is 64.7 Å². The lowest BCUT2D eigenvalue weighted by Crippen LogP contribution is -2.25. The Morgan fingerprint density at radius 3 is 2.82 bits per heavy atom. The lowest BCUT2D eigenvalue weighted by molar-refractivity contribution is 0.0951. The largest absolute Gasteiger partial charge is 0.349 e. The number of carbonyl (C=O) groups excluding carboxylic acids is 2. The van der Waals surface area contributed by atoms with E-state index in [1.54, 1.807) is 18.2 Å². The van der Waals surface area contributed by atoms with Crippen molar-refractivity contribution < 1.29 is 14.0 Å². The minimum atomic E-state index is -0.323. The molecule has 1 heterocycles. The van der Waals surface area contributed by atoms with Crippen molar-refractivity contribution in [1.29, 1.82) is 0 Å². The molecule has 0 spiro atoms. The maximum absolute atomic E-state index is 13.2. The normalized spacial score (nSPS) is 13.7. The zero-order chi connectivity index (χ0) is 15.5. The minimum Gasteiger partial charge on any atom is -0.349 e. The molecule has 22 heavy (non-hydrogen) atoms. The number of carbonyl (C=O) groups is 2. The van der Waals surface area contributed by atoms with Crippen molar-refractivity contribution in [3.63, 3.8) is 0 Å². The Hall–Kier alpha value is -2.56. The highest BCUT2D eigenvalue weighted by molar-refractivity contribution is 5.95. The molecule has 1 saturated carbocycles. The van der Waals surface area contributed by atoms with Gasteiger partial charge in [0.25, 0.3) is 5.91 Å². The summed E-state index contributed by atoms with van der Waals surface area (Å²) in [6.45, 7) is 0. The van der Waals surface area contributed by atoms with Gasteiger partial charge in [0, 0.05) is 23.7 Å². The maximum Gasteiger partial charge on any atom is 0.251 e. The van der Waals surface area contributed by atoms with Crippen LogP contribution in [0.4, 0.5) is 4.39 Å². The molecular formula is C17H15FN2O2. The van der Waals surface area contributed by atoms with Gasteiger partial charge in [-0.3, -0.25) is 9.59 Å². The van der Waals surface area contributed by atoms with Crippen LogP contribution in [0.25, 0.3) is 0 Å². The van der Waals surface area contributed by atoms with Gasteiger partial charge in [-0.2, -0.15) is 0 Å². The SMILES string of the molecule is O=Cc1cc(C(=O)NC2CC2)cc(Cc2cccc(F)c2)n1. The van der Waals surface area contributed by atoms with Crippen LogP contribution in [0.1, 0.15) is 44.9 Å². The summed E-state index contributed by atoms with van der Waals surface area (Å²) in [6.07, 6.45) is 2.97. The number of nitrogens with one attached hydrogen (secondary N) is 1. The average Bonchev–Trinajstić information content (AvgIpc) is 3.31. The topological polar surface area (TPSA) is 59.1 Å². The van der Waals surface area contributed by atoms with E-state index < -0.39 is 0 Å². The highest BCUT2D eigenvalue weighted by atomic mass is 19.1. The number of amides is 1. The molecular weight excluding hydrogens is 283 g/mol. The fourth-order valence-electron chi connectivity index (χ4n) is 2.25. The highest BCUT2D eigenvalue weighted by Gasteiger charge is 2.24. The second-order valence-electron chi connectivity index (χ2n) is 5.44. The van der Waals surface area contributed by atoms with Crippen molar-refractivity contribution in [3.8, 4) is 0 Å². The molecule has 0 unspecified atom stereocenters. The van der Waals surface area contributed by atoms with Gasteiger partial charge >= 0.3 is 0 Å². The van der Waals surface area contributed by atoms with E-state index in [9.17, 15) is 14.0 Å². The van der Waals surface area contributed by atoms with E-state index >= 15 is 0 Å². The molecule has 1 aliphatic carbocycles. The first-order valence-electron chi connectivity index (χ1n) is 7.15. The molecule has 0 radical (unpaired) electrons. The van der Waals surface area contributed by atoms with Gasteiger partial charge in [-0.1, -0.05) is 12.1 Å².